The van der Waals surface area contributed by atoms with E-state index >= 15 is 0 Å². The van der Waals surface area contributed by atoms with Crippen molar-refractivity contribution in [3.05, 3.63) is 83.6 Å². The van der Waals surface area contributed by atoms with E-state index in [9.17, 15) is 0 Å². The van der Waals surface area contributed by atoms with Crippen LogP contribution in [-0.4, -0.2) is 0 Å². The Morgan fingerprint density at radius 2 is 1.29 bits per heavy atom. The molecular weight excluding hydrogens is 416 g/mol. The van der Waals surface area contributed by atoms with Gasteiger partial charge in [-0.3, -0.25) is 0 Å². The minimum absolute atomic E-state index is 0. The SMILES string of the molecule is C[c-]1ccc2cc3c(cc21)CC(C)(C)C3.Cc1c(C)c(C)[c-](C)c1C.[CH3-].[CH3-].[Zr+4]. The average Bonchev–Trinajstić information content (AvgIpc) is 3.11. The summed E-state index contributed by atoms with van der Waals surface area (Å²) < 4.78 is 0. The van der Waals surface area contributed by atoms with Gasteiger partial charge in [-0.1, -0.05) is 66.5 Å². The van der Waals surface area contributed by atoms with Gasteiger partial charge in [0.25, 0.3) is 0 Å². The number of fused-ring (bicyclic) bond motifs is 2. The summed E-state index contributed by atoms with van der Waals surface area (Å²) in [5.41, 5.74) is 12.4. The van der Waals surface area contributed by atoms with Crippen molar-refractivity contribution < 1.29 is 26.2 Å². The van der Waals surface area contributed by atoms with Crippen LogP contribution in [-0.2, 0) is 39.0 Å². The molecule has 0 heterocycles. The van der Waals surface area contributed by atoms with E-state index in [0.717, 1.165) is 0 Å². The molecule has 0 saturated heterocycles. The molecule has 0 spiro atoms. The first-order valence-electron chi connectivity index (χ1n) is 9.48. The summed E-state index contributed by atoms with van der Waals surface area (Å²) >= 11 is 0. The third-order valence-electron chi connectivity index (χ3n) is 6.46. The standard InChI is InChI=1S/C15H17.C10H15.2CH3.Zr/c1-10-4-5-11-6-12-8-15(2,3)9-13(12)7-14(10)11;1-6-7(2)9(4)10(5)8(6)3;;;/h4-7H,8-9H2,1-3H3;1-5H3;2*1H3;/q4*-1;+4. The average molecular weight is 454 g/mol. The van der Waals surface area contributed by atoms with Crippen LogP contribution in [0, 0.1) is 61.8 Å². The van der Waals surface area contributed by atoms with Gasteiger partial charge in [-0.25, -0.2) is 0 Å². The zero-order valence-electron chi connectivity index (χ0n) is 19.7. The first kappa shape index (κ1) is 27.1. The maximum atomic E-state index is 2.41. The Kier molecular flexibility index (Phi) is 9.38. The maximum Gasteiger partial charge on any atom is 4.00 e. The largest absolute Gasteiger partial charge is 4.00 e. The van der Waals surface area contributed by atoms with Gasteiger partial charge in [-0.15, -0.1) is 28.5 Å². The Labute approximate surface area is 193 Å². The Balaban J connectivity index is 0.000000503. The summed E-state index contributed by atoms with van der Waals surface area (Å²) in [7, 11) is 0. The van der Waals surface area contributed by atoms with Crippen LogP contribution < -0.4 is 0 Å². The van der Waals surface area contributed by atoms with Crippen LogP contribution in [0.2, 0.25) is 0 Å². The van der Waals surface area contributed by atoms with Crippen LogP contribution in [0.4, 0.5) is 0 Å². The Bertz CT molecular complexity index is 851. The number of benzene rings is 1. The molecule has 0 radical (unpaired) electrons. The van der Waals surface area contributed by atoms with Crippen molar-refractivity contribution >= 4 is 10.8 Å². The fraction of sp³-hybridized carbons (Fsp3) is 0.407. The van der Waals surface area contributed by atoms with Gasteiger partial charge in [0, 0.05) is 0 Å². The van der Waals surface area contributed by atoms with Gasteiger partial charge in [0.1, 0.15) is 0 Å². The third-order valence-corrected chi connectivity index (χ3v) is 6.46. The summed E-state index contributed by atoms with van der Waals surface area (Å²) in [6.07, 6.45) is 2.48. The van der Waals surface area contributed by atoms with Gasteiger partial charge < -0.3 is 14.9 Å². The summed E-state index contributed by atoms with van der Waals surface area (Å²) in [6.45, 7) is 17.9. The van der Waals surface area contributed by atoms with E-state index in [1.165, 1.54) is 57.0 Å². The first-order valence-corrected chi connectivity index (χ1v) is 9.48. The molecule has 0 N–H and O–H groups in total. The molecule has 3 aromatic carbocycles. The Hall–Kier alpha value is -0.937. The van der Waals surface area contributed by atoms with Crippen LogP contribution in [0.25, 0.3) is 10.8 Å². The van der Waals surface area contributed by atoms with Gasteiger partial charge in [0.15, 0.2) is 0 Å². The van der Waals surface area contributed by atoms with Gasteiger partial charge in [-0.05, 0) is 18.3 Å². The Morgan fingerprint density at radius 3 is 1.71 bits per heavy atom. The molecule has 1 aliphatic carbocycles. The van der Waals surface area contributed by atoms with Crippen molar-refractivity contribution in [2.45, 2.75) is 68.2 Å². The van der Waals surface area contributed by atoms with E-state index in [1.807, 2.05) is 0 Å². The quantitative estimate of drug-likeness (QED) is 0.304. The van der Waals surface area contributed by atoms with Crippen LogP contribution in [0.5, 0.6) is 0 Å². The van der Waals surface area contributed by atoms with Gasteiger partial charge in [0.2, 0.25) is 0 Å². The van der Waals surface area contributed by atoms with E-state index in [0.29, 0.717) is 5.41 Å². The van der Waals surface area contributed by atoms with Crippen molar-refractivity contribution in [2.24, 2.45) is 5.41 Å². The molecule has 4 rings (SSSR count). The van der Waals surface area contributed by atoms with Crippen LogP contribution in [0.15, 0.2) is 24.3 Å². The van der Waals surface area contributed by atoms with Crippen molar-refractivity contribution in [3.63, 3.8) is 0 Å². The van der Waals surface area contributed by atoms with Crippen molar-refractivity contribution in [2.75, 3.05) is 0 Å². The molecule has 0 aliphatic heterocycles. The molecule has 1 heteroatoms. The molecule has 0 nitrogen and oxygen atoms in total. The van der Waals surface area contributed by atoms with E-state index in [1.54, 1.807) is 11.1 Å². The second-order valence-corrected chi connectivity index (χ2v) is 8.87. The molecule has 28 heavy (non-hydrogen) atoms. The van der Waals surface area contributed by atoms with Crippen LogP contribution in [0.3, 0.4) is 0 Å². The summed E-state index contributed by atoms with van der Waals surface area (Å²) in [4.78, 5) is 0. The van der Waals surface area contributed by atoms with Gasteiger partial charge >= 0.3 is 26.2 Å². The fourth-order valence-electron chi connectivity index (χ4n) is 4.32. The predicted molar refractivity (Wildman–Crippen MR) is 124 cm³/mol. The predicted octanol–water partition coefficient (Wildman–Crippen LogP) is 7.84. The first-order chi connectivity index (χ1) is 11.6. The third kappa shape index (κ3) is 4.97. The summed E-state index contributed by atoms with van der Waals surface area (Å²) in [6, 6.07) is 9.28. The molecule has 0 atom stereocenters. The van der Waals surface area contributed by atoms with Gasteiger partial charge in [-0.2, -0.15) is 39.9 Å². The number of rotatable bonds is 0. The molecule has 0 bridgehead atoms. The summed E-state index contributed by atoms with van der Waals surface area (Å²) in [5, 5.41) is 2.87. The molecular formula is C27H38Zr. The molecule has 0 amide bonds. The van der Waals surface area contributed by atoms with E-state index in [2.05, 4.69) is 79.7 Å². The molecule has 0 unspecified atom stereocenters. The fourth-order valence-corrected chi connectivity index (χ4v) is 4.32. The van der Waals surface area contributed by atoms with Crippen LogP contribution in [0.1, 0.15) is 58.4 Å². The summed E-state index contributed by atoms with van der Waals surface area (Å²) in [5.74, 6) is 0. The van der Waals surface area contributed by atoms with E-state index < -0.39 is 0 Å². The van der Waals surface area contributed by atoms with Crippen molar-refractivity contribution in [1.82, 2.24) is 0 Å². The zero-order chi connectivity index (χ0) is 18.5. The normalized spacial score (nSPS) is 13.6. The monoisotopic (exact) mass is 452 g/mol. The molecule has 3 aromatic rings. The van der Waals surface area contributed by atoms with Gasteiger partial charge in [0.05, 0.1) is 0 Å². The van der Waals surface area contributed by atoms with Crippen molar-refractivity contribution in [1.29, 1.82) is 0 Å². The topological polar surface area (TPSA) is 0 Å². The van der Waals surface area contributed by atoms with E-state index in [4.69, 9.17) is 0 Å². The smallest absolute Gasteiger partial charge is 0.358 e. The number of hydrogen-bond donors (Lipinski definition) is 0. The Morgan fingerprint density at radius 1 is 0.821 bits per heavy atom. The van der Waals surface area contributed by atoms with Crippen molar-refractivity contribution in [3.8, 4) is 0 Å². The molecule has 0 aromatic heterocycles. The molecule has 1 aliphatic rings. The minimum Gasteiger partial charge on any atom is -0.358 e. The second kappa shape index (κ2) is 9.71. The minimum atomic E-state index is 0. The zero-order valence-corrected chi connectivity index (χ0v) is 22.2. The maximum absolute atomic E-state index is 2.41. The number of aryl methyl sites for hydroxylation is 1. The molecule has 0 fully saturated rings. The second-order valence-electron chi connectivity index (χ2n) is 8.87. The van der Waals surface area contributed by atoms with Crippen LogP contribution >= 0.6 is 0 Å². The van der Waals surface area contributed by atoms with E-state index in [-0.39, 0.29) is 41.1 Å². The molecule has 150 valence electrons. The molecule has 0 saturated carbocycles. The number of hydrogen-bond acceptors (Lipinski definition) is 0.